The van der Waals surface area contributed by atoms with Gasteiger partial charge in [-0.2, -0.15) is 30.6 Å². The molecule has 33 heavy (non-hydrogen) atoms. The van der Waals surface area contributed by atoms with Crippen molar-refractivity contribution in [3.8, 4) is 11.6 Å². The monoisotopic (exact) mass is 496 g/mol. The number of sulfonamides is 1. The van der Waals surface area contributed by atoms with E-state index in [2.05, 4.69) is 9.97 Å². The van der Waals surface area contributed by atoms with E-state index in [1.165, 1.54) is 18.5 Å². The molecule has 180 valence electrons. The number of alkyl halides is 6. The first kappa shape index (κ1) is 23.7. The van der Waals surface area contributed by atoms with Crippen LogP contribution in [0.4, 0.5) is 26.3 Å². The first-order valence-electron chi connectivity index (χ1n) is 9.84. The van der Waals surface area contributed by atoms with Crippen molar-refractivity contribution >= 4 is 10.0 Å². The molecule has 3 heterocycles. The van der Waals surface area contributed by atoms with Crippen LogP contribution < -0.4 is 4.74 Å². The van der Waals surface area contributed by atoms with Gasteiger partial charge in [-0.05, 0) is 37.1 Å². The van der Waals surface area contributed by atoms with Crippen LogP contribution in [0.15, 0.2) is 30.6 Å². The van der Waals surface area contributed by atoms with Gasteiger partial charge in [0.05, 0.1) is 11.3 Å². The SMILES string of the molecule is O=S(=O)(N1CCC(N2CCc3c(ncnc3Oc3ccc(C(F)(F)F)cc3)C2)C1)C(F)(F)F. The van der Waals surface area contributed by atoms with Crippen molar-refractivity contribution < 1.29 is 39.5 Å². The summed E-state index contributed by atoms with van der Waals surface area (Å²) in [6.45, 7) is 0.180. The topological polar surface area (TPSA) is 75.6 Å². The van der Waals surface area contributed by atoms with Gasteiger partial charge in [0.2, 0.25) is 5.88 Å². The minimum atomic E-state index is -5.37. The molecule has 1 saturated heterocycles. The fourth-order valence-electron chi connectivity index (χ4n) is 3.94. The van der Waals surface area contributed by atoms with E-state index in [0.29, 0.717) is 28.5 Å². The summed E-state index contributed by atoms with van der Waals surface area (Å²) in [5.41, 5.74) is -4.94. The van der Waals surface area contributed by atoms with Crippen molar-refractivity contribution in [1.82, 2.24) is 19.2 Å². The zero-order valence-corrected chi connectivity index (χ0v) is 17.7. The maximum absolute atomic E-state index is 12.8. The molecule has 1 aromatic heterocycles. The van der Waals surface area contributed by atoms with E-state index >= 15 is 0 Å². The Labute approximate surface area is 185 Å². The summed E-state index contributed by atoms with van der Waals surface area (Å²) in [7, 11) is -5.37. The lowest BCUT2D eigenvalue weighted by Crippen LogP contribution is -2.44. The molecule has 2 aliphatic heterocycles. The zero-order valence-electron chi connectivity index (χ0n) is 16.9. The van der Waals surface area contributed by atoms with Gasteiger partial charge in [-0.1, -0.05) is 0 Å². The third kappa shape index (κ3) is 4.77. The van der Waals surface area contributed by atoms with E-state index < -0.39 is 33.3 Å². The second kappa shape index (κ2) is 8.40. The summed E-state index contributed by atoms with van der Waals surface area (Å²) in [5, 5.41) is 0. The highest BCUT2D eigenvalue weighted by atomic mass is 32.2. The Bertz CT molecular complexity index is 1120. The van der Waals surface area contributed by atoms with Crippen molar-refractivity contribution in [3.05, 3.63) is 47.4 Å². The molecule has 0 saturated carbocycles. The first-order chi connectivity index (χ1) is 15.4. The molecule has 2 aromatic rings. The highest BCUT2D eigenvalue weighted by Crippen LogP contribution is 2.35. The summed E-state index contributed by atoms with van der Waals surface area (Å²) in [6, 6.07) is 3.75. The van der Waals surface area contributed by atoms with Gasteiger partial charge in [-0.3, -0.25) is 4.90 Å². The molecule has 14 heteroatoms. The lowest BCUT2D eigenvalue weighted by Gasteiger charge is -2.33. The van der Waals surface area contributed by atoms with Crippen molar-refractivity contribution in [1.29, 1.82) is 0 Å². The second-order valence-corrected chi connectivity index (χ2v) is 9.63. The predicted molar refractivity (Wildman–Crippen MR) is 103 cm³/mol. The number of fused-ring (bicyclic) bond motifs is 1. The van der Waals surface area contributed by atoms with E-state index in [9.17, 15) is 34.8 Å². The summed E-state index contributed by atoms with van der Waals surface area (Å²) >= 11 is 0. The highest BCUT2D eigenvalue weighted by molar-refractivity contribution is 7.90. The molecular formula is C19H18F6N4O3S. The minimum absolute atomic E-state index is 0.162. The van der Waals surface area contributed by atoms with Gasteiger partial charge in [-0.25, -0.2) is 18.4 Å². The predicted octanol–water partition coefficient (Wildman–Crippen LogP) is 3.57. The lowest BCUT2D eigenvalue weighted by atomic mass is 10.0. The van der Waals surface area contributed by atoms with Crippen molar-refractivity contribution in [2.24, 2.45) is 0 Å². The summed E-state index contributed by atoms with van der Waals surface area (Å²) in [5.74, 6) is 0.349. The number of aromatic nitrogens is 2. The summed E-state index contributed by atoms with van der Waals surface area (Å²) < 4.78 is 106. The van der Waals surface area contributed by atoms with Crippen molar-refractivity contribution in [2.45, 2.75) is 37.1 Å². The second-order valence-electron chi connectivity index (χ2n) is 7.70. The summed E-state index contributed by atoms with van der Waals surface area (Å²) in [4.78, 5) is 10.1. The lowest BCUT2D eigenvalue weighted by molar-refractivity contribution is -0.137. The molecule has 1 aromatic carbocycles. The normalized spacial score (nSPS) is 20.6. The van der Waals surface area contributed by atoms with Gasteiger partial charge in [0, 0.05) is 37.8 Å². The smallest absolute Gasteiger partial charge is 0.439 e. The van der Waals surface area contributed by atoms with Gasteiger partial charge in [0.15, 0.2) is 0 Å². The number of ether oxygens (including phenoxy) is 1. The number of hydrogen-bond acceptors (Lipinski definition) is 6. The minimum Gasteiger partial charge on any atom is -0.439 e. The standard InChI is InChI=1S/C19H18F6N4O3S/c20-18(21,22)12-1-3-14(4-2-12)32-17-15-6-7-28(10-16(15)26-11-27-17)13-5-8-29(9-13)33(30,31)19(23,24)25/h1-4,11,13H,5-10H2. The Hall–Kier alpha value is -2.45. The van der Waals surface area contributed by atoms with Crippen LogP contribution >= 0.6 is 0 Å². The zero-order chi connectivity index (χ0) is 24.0. The Morgan fingerprint density at radius 3 is 2.33 bits per heavy atom. The van der Waals surface area contributed by atoms with E-state index in [0.717, 1.165) is 12.1 Å². The Kier molecular flexibility index (Phi) is 6.03. The first-order valence-corrected chi connectivity index (χ1v) is 11.3. The molecule has 7 nitrogen and oxygen atoms in total. The number of rotatable bonds is 4. The van der Waals surface area contributed by atoms with Crippen LogP contribution in [0.25, 0.3) is 0 Å². The average Bonchev–Trinajstić information content (AvgIpc) is 3.24. The number of halogens is 6. The third-order valence-electron chi connectivity index (χ3n) is 5.67. The van der Waals surface area contributed by atoms with Gasteiger partial charge in [-0.15, -0.1) is 0 Å². The largest absolute Gasteiger partial charge is 0.511 e. The van der Waals surface area contributed by atoms with Gasteiger partial charge in [0.1, 0.15) is 12.1 Å². The summed E-state index contributed by atoms with van der Waals surface area (Å²) in [6.07, 6.45) is -2.60. The van der Waals surface area contributed by atoms with Gasteiger partial charge < -0.3 is 4.74 Å². The van der Waals surface area contributed by atoms with Crippen LogP contribution in [-0.2, 0) is 29.2 Å². The van der Waals surface area contributed by atoms with Crippen LogP contribution in [0.1, 0.15) is 23.2 Å². The quantitative estimate of drug-likeness (QED) is 0.603. The molecule has 0 spiro atoms. The average molecular weight is 496 g/mol. The molecule has 0 aliphatic carbocycles. The molecular weight excluding hydrogens is 478 g/mol. The van der Waals surface area contributed by atoms with Gasteiger partial charge >= 0.3 is 21.7 Å². The van der Waals surface area contributed by atoms with E-state index in [1.807, 2.05) is 4.90 Å². The molecule has 2 aliphatic rings. The Morgan fingerprint density at radius 1 is 1.00 bits per heavy atom. The van der Waals surface area contributed by atoms with Crippen LogP contribution in [-0.4, -0.2) is 58.8 Å². The van der Waals surface area contributed by atoms with E-state index in [4.69, 9.17) is 4.74 Å². The van der Waals surface area contributed by atoms with E-state index in [1.54, 1.807) is 0 Å². The number of hydrogen-bond donors (Lipinski definition) is 0. The molecule has 0 amide bonds. The van der Waals surface area contributed by atoms with Crippen LogP contribution in [0, 0.1) is 0 Å². The molecule has 1 unspecified atom stereocenters. The molecule has 1 atom stereocenters. The van der Waals surface area contributed by atoms with Crippen LogP contribution in [0.2, 0.25) is 0 Å². The maximum atomic E-state index is 12.8. The third-order valence-corrected chi connectivity index (χ3v) is 7.26. The Morgan fingerprint density at radius 2 is 1.70 bits per heavy atom. The molecule has 0 radical (unpaired) electrons. The van der Waals surface area contributed by atoms with Crippen molar-refractivity contribution in [3.63, 3.8) is 0 Å². The fraction of sp³-hybridized carbons (Fsp3) is 0.474. The molecule has 0 bridgehead atoms. The highest BCUT2D eigenvalue weighted by Gasteiger charge is 2.52. The molecule has 1 fully saturated rings. The fourth-order valence-corrected chi connectivity index (χ4v) is 4.95. The maximum Gasteiger partial charge on any atom is 0.511 e. The van der Waals surface area contributed by atoms with E-state index in [-0.39, 0.29) is 37.7 Å². The molecule has 0 N–H and O–H groups in total. The molecule has 4 rings (SSSR count). The van der Waals surface area contributed by atoms with Crippen molar-refractivity contribution in [2.75, 3.05) is 19.6 Å². The number of benzene rings is 1. The van der Waals surface area contributed by atoms with Crippen LogP contribution in [0.3, 0.4) is 0 Å². The number of nitrogens with zero attached hydrogens (tertiary/aromatic N) is 4. The van der Waals surface area contributed by atoms with Gasteiger partial charge in [0.25, 0.3) is 0 Å². The van der Waals surface area contributed by atoms with Crippen LogP contribution in [0.5, 0.6) is 11.6 Å². The Balaban J connectivity index is 1.45.